The van der Waals surface area contributed by atoms with Gasteiger partial charge in [0.1, 0.15) is 5.75 Å². The molecule has 4 rings (SSSR count). The van der Waals surface area contributed by atoms with Crippen LogP contribution in [0, 0.1) is 0 Å². The third-order valence-corrected chi connectivity index (χ3v) is 4.64. The van der Waals surface area contributed by atoms with Gasteiger partial charge in [-0.3, -0.25) is 4.79 Å². The number of methoxy groups -OCH3 is 1. The van der Waals surface area contributed by atoms with Crippen LogP contribution >= 0.6 is 0 Å². The minimum absolute atomic E-state index is 0.173. The number of hydrogen-bond acceptors (Lipinski definition) is 3. The monoisotopic (exact) mass is 360 g/mol. The van der Waals surface area contributed by atoms with E-state index in [0.717, 1.165) is 22.0 Å². The van der Waals surface area contributed by atoms with Gasteiger partial charge >= 0.3 is 5.97 Å². The summed E-state index contributed by atoms with van der Waals surface area (Å²) >= 11 is 0. The minimum atomic E-state index is -1.01. The molecule has 0 saturated heterocycles. The van der Waals surface area contributed by atoms with Crippen molar-refractivity contribution in [2.24, 2.45) is 5.73 Å². The molecule has 0 unspecified atom stereocenters. The first-order chi connectivity index (χ1) is 13.0. The highest BCUT2D eigenvalue weighted by Crippen LogP contribution is 2.36. The Balaban J connectivity index is 2.10. The summed E-state index contributed by atoms with van der Waals surface area (Å²) in [4.78, 5) is 26.6. The van der Waals surface area contributed by atoms with Crippen molar-refractivity contribution in [1.82, 2.24) is 4.98 Å². The van der Waals surface area contributed by atoms with Crippen molar-refractivity contribution >= 4 is 33.7 Å². The van der Waals surface area contributed by atoms with Gasteiger partial charge in [0.2, 0.25) is 0 Å². The Kier molecular flexibility index (Phi) is 3.81. The van der Waals surface area contributed by atoms with Crippen molar-refractivity contribution in [2.75, 3.05) is 7.11 Å². The first-order valence-electron chi connectivity index (χ1n) is 8.25. The molecule has 3 aromatic carbocycles. The van der Waals surface area contributed by atoms with Crippen LogP contribution in [0.15, 0.2) is 54.6 Å². The maximum atomic E-state index is 12.1. The number of aromatic amines is 1. The number of benzene rings is 3. The van der Waals surface area contributed by atoms with E-state index < -0.39 is 11.9 Å². The molecule has 6 heteroatoms. The van der Waals surface area contributed by atoms with Crippen LogP contribution in [0.2, 0.25) is 0 Å². The topological polar surface area (TPSA) is 105 Å². The van der Waals surface area contributed by atoms with Gasteiger partial charge in [0.25, 0.3) is 5.91 Å². The van der Waals surface area contributed by atoms with E-state index in [9.17, 15) is 14.7 Å². The Labute approximate surface area is 154 Å². The van der Waals surface area contributed by atoms with Crippen LogP contribution in [-0.4, -0.2) is 29.1 Å². The van der Waals surface area contributed by atoms with Crippen LogP contribution in [-0.2, 0) is 0 Å². The van der Waals surface area contributed by atoms with Crippen molar-refractivity contribution in [2.45, 2.75) is 0 Å². The van der Waals surface area contributed by atoms with Gasteiger partial charge < -0.3 is 20.6 Å². The van der Waals surface area contributed by atoms with Gasteiger partial charge in [-0.2, -0.15) is 0 Å². The normalized spacial score (nSPS) is 11.0. The smallest absolute Gasteiger partial charge is 0.335 e. The average Bonchev–Trinajstić information content (AvgIpc) is 3.04. The number of ether oxygens (including phenoxy) is 1. The first-order valence-corrected chi connectivity index (χ1v) is 8.25. The number of hydrogen-bond donors (Lipinski definition) is 3. The zero-order chi connectivity index (χ0) is 19.1. The number of aromatic nitrogens is 1. The van der Waals surface area contributed by atoms with Gasteiger partial charge in [0.05, 0.1) is 23.8 Å². The van der Waals surface area contributed by atoms with Crippen molar-refractivity contribution < 1.29 is 19.4 Å². The number of fused-ring (bicyclic) bond motifs is 3. The summed E-state index contributed by atoms with van der Waals surface area (Å²) in [6.07, 6.45) is 0. The van der Waals surface area contributed by atoms with Crippen LogP contribution in [0.4, 0.5) is 0 Å². The number of amides is 1. The molecule has 0 atom stereocenters. The summed E-state index contributed by atoms with van der Waals surface area (Å²) in [5.41, 5.74) is 9.01. The number of carbonyl (C=O) groups is 2. The summed E-state index contributed by atoms with van der Waals surface area (Å²) in [6.45, 7) is 0. The maximum Gasteiger partial charge on any atom is 0.335 e. The van der Waals surface area contributed by atoms with Crippen molar-refractivity contribution in [3.05, 3.63) is 65.7 Å². The number of carboxylic acid groups (broad SMARTS) is 1. The molecule has 1 amide bonds. The van der Waals surface area contributed by atoms with Crippen molar-refractivity contribution in [3.8, 4) is 16.9 Å². The summed E-state index contributed by atoms with van der Waals surface area (Å²) in [5.74, 6) is -0.914. The van der Waals surface area contributed by atoms with Gasteiger partial charge in [0.15, 0.2) is 0 Å². The van der Waals surface area contributed by atoms with Crippen LogP contribution in [0.5, 0.6) is 5.75 Å². The predicted molar refractivity (Wildman–Crippen MR) is 103 cm³/mol. The number of primary amides is 1. The highest BCUT2D eigenvalue weighted by Gasteiger charge is 2.17. The lowest BCUT2D eigenvalue weighted by Crippen LogP contribution is -2.11. The summed E-state index contributed by atoms with van der Waals surface area (Å²) in [7, 11) is 1.58. The second-order valence-electron chi connectivity index (χ2n) is 6.20. The van der Waals surface area contributed by atoms with E-state index in [1.54, 1.807) is 25.3 Å². The largest absolute Gasteiger partial charge is 0.496 e. The Hall–Kier alpha value is -3.80. The minimum Gasteiger partial charge on any atom is -0.496 e. The number of carbonyl (C=O) groups excluding carboxylic acids is 1. The zero-order valence-corrected chi connectivity index (χ0v) is 14.4. The highest BCUT2D eigenvalue weighted by molar-refractivity contribution is 6.17. The van der Waals surface area contributed by atoms with E-state index in [2.05, 4.69) is 4.98 Å². The van der Waals surface area contributed by atoms with Gasteiger partial charge in [-0.1, -0.05) is 18.2 Å². The molecule has 0 bridgehead atoms. The Morgan fingerprint density at radius 3 is 2.52 bits per heavy atom. The molecule has 1 aromatic heterocycles. The molecule has 6 nitrogen and oxygen atoms in total. The molecular weight excluding hydrogens is 344 g/mol. The molecule has 4 aromatic rings. The number of nitrogens with two attached hydrogens (primary N) is 1. The molecule has 0 aliphatic heterocycles. The second-order valence-corrected chi connectivity index (χ2v) is 6.20. The number of carboxylic acids is 1. The fourth-order valence-electron chi connectivity index (χ4n) is 3.37. The van der Waals surface area contributed by atoms with E-state index in [1.807, 2.05) is 30.3 Å². The van der Waals surface area contributed by atoms with Crippen LogP contribution in [0.3, 0.4) is 0 Å². The van der Waals surface area contributed by atoms with Gasteiger partial charge in [-0.05, 0) is 42.0 Å². The van der Waals surface area contributed by atoms with Gasteiger partial charge in [-0.15, -0.1) is 0 Å². The molecule has 0 aliphatic carbocycles. The summed E-state index contributed by atoms with van der Waals surface area (Å²) in [5, 5.41) is 10.7. The molecule has 27 heavy (non-hydrogen) atoms. The third-order valence-electron chi connectivity index (χ3n) is 4.64. The van der Waals surface area contributed by atoms with E-state index >= 15 is 0 Å². The number of H-pyrrole nitrogens is 1. The van der Waals surface area contributed by atoms with Gasteiger partial charge in [0, 0.05) is 21.9 Å². The quantitative estimate of drug-likeness (QED) is 0.515. The van der Waals surface area contributed by atoms with Crippen LogP contribution in [0.1, 0.15) is 20.7 Å². The lowest BCUT2D eigenvalue weighted by Gasteiger charge is -2.10. The molecule has 4 N–H and O–H groups in total. The number of aromatic carboxylic acids is 1. The molecule has 0 radical (unpaired) electrons. The Morgan fingerprint density at radius 1 is 1.04 bits per heavy atom. The standard InChI is InChI=1S/C21H16N2O4/c1-27-18-5-3-2-4-13(18)12-9-15-14-8-11(21(25)26)6-7-17(14)23-19(15)16(10-12)20(22)24/h2-10,23H,1H3,(H2,22,24)(H,25,26). The second kappa shape index (κ2) is 6.17. The molecule has 0 aliphatic rings. The number of nitrogens with one attached hydrogen (secondary N) is 1. The van der Waals surface area contributed by atoms with E-state index in [1.165, 1.54) is 6.07 Å². The fourth-order valence-corrected chi connectivity index (χ4v) is 3.37. The number of para-hydroxylation sites is 1. The zero-order valence-electron chi connectivity index (χ0n) is 14.4. The average molecular weight is 360 g/mol. The Bertz CT molecular complexity index is 1220. The Morgan fingerprint density at radius 2 is 1.81 bits per heavy atom. The third kappa shape index (κ3) is 2.67. The lowest BCUT2D eigenvalue weighted by atomic mass is 9.98. The molecular formula is C21H16N2O4. The van der Waals surface area contributed by atoms with E-state index in [-0.39, 0.29) is 5.56 Å². The predicted octanol–water partition coefficient (Wildman–Crippen LogP) is 3.79. The summed E-state index contributed by atoms with van der Waals surface area (Å²) in [6, 6.07) is 15.9. The fraction of sp³-hybridized carbons (Fsp3) is 0.0476. The SMILES string of the molecule is COc1ccccc1-c1cc(C(N)=O)c2[nH]c3ccc(C(=O)O)cc3c2c1. The number of rotatable bonds is 4. The van der Waals surface area contributed by atoms with E-state index in [4.69, 9.17) is 10.5 Å². The molecule has 134 valence electrons. The molecule has 1 heterocycles. The van der Waals surface area contributed by atoms with Gasteiger partial charge in [-0.25, -0.2) is 4.79 Å². The van der Waals surface area contributed by atoms with Crippen LogP contribution < -0.4 is 10.5 Å². The first kappa shape index (κ1) is 16.7. The van der Waals surface area contributed by atoms with E-state index in [0.29, 0.717) is 22.2 Å². The molecule has 0 fully saturated rings. The lowest BCUT2D eigenvalue weighted by molar-refractivity contribution is 0.0697. The summed E-state index contributed by atoms with van der Waals surface area (Å²) < 4.78 is 5.43. The molecule has 0 saturated carbocycles. The maximum absolute atomic E-state index is 12.1. The van der Waals surface area contributed by atoms with Crippen molar-refractivity contribution in [3.63, 3.8) is 0 Å². The van der Waals surface area contributed by atoms with Crippen molar-refractivity contribution in [1.29, 1.82) is 0 Å². The highest BCUT2D eigenvalue weighted by atomic mass is 16.5. The van der Waals surface area contributed by atoms with Crippen LogP contribution in [0.25, 0.3) is 32.9 Å². The molecule has 0 spiro atoms.